The Morgan fingerprint density at radius 1 is 0.620 bits per heavy atom. The second-order valence-corrected chi connectivity index (χ2v) is 16.1. The van der Waals surface area contributed by atoms with Crippen LogP contribution in [0.1, 0.15) is 168 Å². The predicted molar refractivity (Wildman–Crippen MR) is 206 cm³/mol. The van der Waals surface area contributed by atoms with Crippen LogP contribution >= 0.6 is 7.82 Å². The van der Waals surface area contributed by atoms with Crippen molar-refractivity contribution in [3.63, 3.8) is 0 Å². The Kier molecular flexibility index (Phi) is 32.3. The number of hydrogen-bond acceptors (Lipinski definition) is 7. The quantitative estimate of drug-likeness (QED) is 0.0223. The van der Waals surface area contributed by atoms with Crippen LogP contribution in [0.25, 0.3) is 0 Å². The first-order valence-corrected chi connectivity index (χ1v) is 21.6. The molecule has 0 radical (unpaired) electrons. The molecule has 0 fully saturated rings. The van der Waals surface area contributed by atoms with Crippen molar-refractivity contribution < 1.29 is 42.1 Å². The largest absolute Gasteiger partial charge is 0.472 e. The van der Waals surface area contributed by atoms with Crippen molar-refractivity contribution in [3.05, 3.63) is 24.3 Å². The molecule has 0 aliphatic heterocycles. The normalized spacial score (nSPS) is 14.0. The molecule has 0 aliphatic carbocycles. The van der Waals surface area contributed by atoms with Gasteiger partial charge in [0.15, 0.2) is 6.10 Å². The van der Waals surface area contributed by atoms with Gasteiger partial charge in [0.25, 0.3) is 0 Å². The standard InChI is InChI=1S/C40H76NO8P/c1-6-8-10-12-14-16-18-20-21-23-25-27-29-31-33-40(43)49-38(37-48-50(44,45)47-35-34-41(3,4)5)36-46-39(42)32-30-28-26-24-22-19-17-15-13-11-9-7-2/h12,14,18,20,38H,6-11,13,15-17,19,21-37H2,1-5H3/p+1/b14-12-,20-18-/t38-/m1/s1. The molecule has 294 valence electrons. The Balaban J connectivity index is 4.44. The highest BCUT2D eigenvalue weighted by atomic mass is 31.2. The smallest absolute Gasteiger partial charge is 0.462 e. The number of phosphoric acid groups is 1. The summed E-state index contributed by atoms with van der Waals surface area (Å²) < 4.78 is 34.2. The Labute approximate surface area is 307 Å². The van der Waals surface area contributed by atoms with Crippen LogP contribution in [-0.4, -0.2) is 74.9 Å². The molecule has 0 saturated carbocycles. The van der Waals surface area contributed by atoms with E-state index < -0.39 is 26.5 Å². The number of esters is 2. The Hall–Kier alpha value is -1.51. The average molecular weight is 731 g/mol. The van der Waals surface area contributed by atoms with Crippen LogP contribution in [0.3, 0.4) is 0 Å². The monoisotopic (exact) mass is 731 g/mol. The van der Waals surface area contributed by atoms with Gasteiger partial charge in [-0.1, -0.05) is 141 Å². The summed E-state index contributed by atoms with van der Waals surface area (Å²) >= 11 is 0. The highest BCUT2D eigenvalue weighted by molar-refractivity contribution is 7.47. The molecule has 9 nitrogen and oxygen atoms in total. The summed E-state index contributed by atoms with van der Waals surface area (Å²) in [6.07, 6.45) is 33.6. The fourth-order valence-corrected chi connectivity index (χ4v) is 6.01. The van der Waals surface area contributed by atoms with E-state index in [-0.39, 0.29) is 32.0 Å². The Morgan fingerprint density at radius 2 is 1.10 bits per heavy atom. The number of allylic oxidation sites excluding steroid dienone is 4. The zero-order valence-electron chi connectivity index (χ0n) is 32.9. The number of hydrogen-bond donors (Lipinski definition) is 1. The lowest BCUT2D eigenvalue weighted by molar-refractivity contribution is -0.870. The van der Waals surface area contributed by atoms with Gasteiger partial charge >= 0.3 is 19.8 Å². The molecule has 0 amide bonds. The third kappa shape index (κ3) is 36.3. The third-order valence-corrected chi connectivity index (χ3v) is 9.47. The van der Waals surface area contributed by atoms with Crippen molar-refractivity contribution >= 4 is 19.8 Å². The molecule has 0 heterocycles. The topological polar surface area (TPSA) is 108 Å². The number of carbonyl (C=O) groups excluding carboxylic acids is 2. The number of nitrogens with zero attached hydrogens (tertiary/aromatic N) is 1. The van der Waals surface area contributed by atoms with Crippen molar-refractivity contribution in [3.8, 4) is 0 Å². The zero-order valence-corrected chi connectivity index (χ0v) is 33.8. The van der Waals surface area contributed by atoms with E-state index in [9.17, 15) is 19.0 Å². The van der Waals surface area contributed by atoms with E-state index in [0.29, 0.717) is 17.4 Å². The summed E-state index contributed by atoms with van der Waals surface area (Å²) in [6.45, 7) is 4.35. The van der Waals surface area contributed by atoms with Gasteiger partial charge in [0, 0.05) is 12.8 Å². The van der Waals surface area contributed by atoms with E-state index in [2.05, 4.69) is 38.2 Å². The highest BCUT2D eigenvalue weighted by Gasteiger charge is 2.27. The number of quaternary nitrogens is 1. The number of carbonyl (C=O) groups is 2. The summed E-state index contributed by atoms with van der Waals surface area (Å²) in [5.41, 5.74) is 0. The molecule has 0 aliphatic rings. The summed E-state index contributed by atoms with van der Waals surface area (Å²) in [6, 6.07) is 0. The van der Waals surface area contributed by atoms with Gasteiger partial charge in [0.05, 0.1) is 27.7 Å². The maximum Gasteiger partial charge on any atom is 0.472 e. The molecule has 0 bridgehead atoms. The van der Waals surface area contributed by atoms with Crippen LogP contribution in [-0.2, 0) is 32.7 Å². The zero-order chi connectivity index (χ0) is 37.2. The maximum atomic E-state index is 12.6. The minimum absolute atomic E-state index is 0.0303. The number of likely N-dealkylation sites (N-methyl/N-ethyl adjacent to an activating group) is 1. The molecule has 0 rings (SSSR count). The first-order valence-electron chi connectivity index (χ1n) is 20.1. The fraction of sp³-hybridized carbons (Fsp3) is 0.850. The van der Waals surface area contributed by atoms with Crippen molar-refractivity contribution in [1.82, 2.24) is 0 Å². The van der Waals surface area contributed by atoms with Gasteiger partial charge < -0.3 is 18.9 Å². The second kappa shape index (κ2) is 33.3. The molecule has 0 spiro atoms. The van der Waals surface area contributed by atoms with Gasteiger partial charge in [-0.05, 0) is 38.5 Å². The van der Waals surface area contributed by atoms with Crippen molar-refractivity contribution in [1.29, 1.82) is 0 Å². The molecule has 0 aromatic rings. The highest BCUT2D eigenvalue weighted by Crippen LogP contribution is 2.43. The van der Waals surface area contributed by atoms with E-state index in [4.69, 9.17) is 18.5 Å². The van der Waals surface area contributed by atoms with Gasteiger partial charge in [0.1, 0.15) is 19.8 Å². The lowest BCUT2D eigenvalue weighted by atomic mass is 10.0. The van der Waals surface area contributed by atoms with E-state index in [1.165, 1.54) is 70.6 Å². The van der Waals surface area contributed by atoms with E-state index in [0.717, 1.165) is 64.2 Å². The van der Waals surface area contributed by atoms with Gasteiger partial charge in [-0.2, -0.15) is 0 Å². The lowest BCUT2D eigenvalue weighted by Gasteiger charge is -2.24. The number of phosphoric ester groups is 1. The number of ether oxygens (including phenoxy) is 2. The predicted octanol–water partition coefficient (Wildman–Crippen LogP) is 10.8. The summed E-state index contributed by atoms with van der Waals surface area (Å²) in [7, 11) is 1.47. The molecule has 0 aromatic heterocycles. The first kappa shape index (κ1) is 48.5. The van der Waals surface area contributed by atoms with Gasteiger partial charge in [-0.3, -0.25) is 18.6 Å². The molecule has 0 saturated heterocycles. The number of rotatable bonds is 36. The van der Waals surface area contributed by atoms with Crippen LogP contribution in [0.4, 0.5) is 0 Å². The van der Waals surface area contributed by atoms with Crippen LogP contribution in [0.2, 0.25) is 0 Å². The van der Waals surface area contributed by atoms with Crippen LogP contribution in [0.15, 0.2) is 24.3 Å². The van der Waals surface area contributed by atoms with Crippen LogP contribution in [0.5, 0.6) is 0 Å². The van der Waals surface area contributed by atoms with E-state index >= 15 is 0 Å². The van der Waals surface area contributed by atoms with Crippen molar-refractivity contribution in [2.45, 2.75) is 174 Å². The van der Waals surface area contributed by atoms with E-state index in [1.54, 1.807) is 0 Å². The Morgan fingerprint density at radius 3 is 1.64 bits per heavy atom. The van der Waals surface area contributed by atoms with Crippen LogP contribution in [0, 0.1) is 0 Å². The fourth-order valence-electron chi connectivity index (χ4n) is 5.26. The SMILES string of the molecule is CCCC/C=C\C/C=C\CCCCCCCC(=O)O[C@H](COC(=O)CCCCCCCCCCCCCC)COP(=O)(O)OCC[N+](C)(C)C. The first-order chi connectivity index (χ1) is 24.0. The average Bonchev–Trinajstić information content (AvgIpc) is 3.06. The molecule has 0 aromatic carbocycles. The molecular weight excluding hydrogens is 653 g/mol. The molecule has 10 heteroatoms. The summed E-state index contributed by atoms with van der Waals surface area (Å²) in [5, 5.41) is 0. The Bertz CT molecular complexity index is 918. The van der Waals surface area contributed by atoms with E-state index in [1.807, 2.05) is 21.1 Å². The van der Waals surface area contributed by atoms with Crippen molar-refractivity contribution in [2.24, 2.45) is 0 Å². The molecular formula is C40H77NO8P+. The molecule has 2 atom stereocenters. The van der Waals surface area contributed by atoms with Gasteiger partial charge in [-0.15, -0.1) is 0 Å². The lowest BCUT2D eigenvalue weighted by Crippen LogP contribution is -2.37. The molecule has 50 heavy (non-hydrogen) atoms. The number of unbranched alkanes of at least 4 members (excludes halogenated alkanes) is 18. The maximum absolute atomic E-state index is 12.6. The minimum atomic E-state index is -4.37. The summed E-state index contributed by atoms with van der Waals surface area (Å²) in [4.78, 5) is 35.2. The second-order valence-electron chi connectivity index (χ2n) is 14.7. The van der Waals surface area contributed by atoms with Crippen LogP contribution < -0.4 is 0 Å². The molecule has 1 unspecified atom stereocenters. The third-order valence-electron chi connectivity index (χ3n) is 8.48. The minimum Gasteiger partial charge on any atom is -0.462 e. The van der Waals surface area contributed by atoms with Crippen molar-refractivity contribution in [2.75, 3.05) is 47.5 Å². The van der Waals surface area contributed by atoms with Gasteiger partial charge in [-0.25, -0.2) is 4.57 Å². The molecule has 1 N–H and O–H groups in total. The summed E-state index contributed by atoms with van der Waals surface area (Å²) in [5.74, 6) is -0.813. The van der Waals surface area contributed by atoms with Gasteiger partial charge in [0.2, 0.25) is 0 Å².